The topological polar surface area (TPSA) is 99.3 Å². The van der Waals surface area contributed by atoms with Crippen LogP contribution in [0.15, 0.2) is 78.9 Å². The van der Waals surface area contributed by atoms with E-state index in [-0.39, 0.29) is 24.6 Å². The number of methoxy groups -OCH3 is 1. The second-order valence-corrected chi connectivity index (χ2v) is 13.2. The van der Waals surface area contributed by atoms with Gasteiger partial charge >= 0.3 is 10.2 Å². The summed E-state index contributed by atoms with van der Waals surface area (Å²) in [5.41, 5.74) is 1.03. The van der Waals surface area contributed by atoms with Gasteiger partial charge in [0.25, 0.3) is 0 Å². The van der Waals surface area contributed by atoms with Crippen LogP contribution in [0.3, 0.4) is 0 Å². The normalized spacial score (nSPS) is 12.5. The standard InChI is InChI=1S/C31H39FN4O5S/c1-31(2,3)33-30(38)28(20-23-11-8-7-9-12-23)35(21-24-13-10-14-27(19-24)41-6)29(37)22-36(42(39,40)34(4)5)26-17-15-25(32)16-18-26/h7-19,28H,20-22H2,1-6H3,(H,33,38)/t28-/m1/s1. The number of carbonyl (C=O) groups excluding carboxylic acids is 2. The van der Waals surface area contributed by atoms with Crippen molar-refractivity contribution in [1.29, 1.82) is 0 Å². The summed E-state index contributed by atoms with van der Waals surface area (Å²) >= 11 is 0. The SMILES string of the molecule is COc1cccc(CN(C(=O)CN(c2ccc(F)cc2)S(=O)(=O)N(C)C)[C@H](Cc2ccccc2)C(=O)NC(C)(C)C)c1. The molecule has 0 radical (unpaired) electrons. The Balaban J connectivity index is 2.12. The molecule has 0 aliphatic carbocycles. The number of hydrogen-bond acceptors (Lipinski definition) is 5. The molecule has 3 aromatic carbocycles. The molecule has 2 amide bonds. The first kappa shape index (κ1) is 32.6. The van der Waals surface area contributed by atoms with E-state index in [9.17, 15) is 22.4 Å². The molecule has 3 rings (SSSR count). The predicted molar refractivity (Wildman–Crippen MR) is 162 cm³/mol. The number of ether oxygens (including phenoxy) is 1. The molecule has 0 aliphatic rings. The first-order valence-electron chi connectivity index (χ1n) is 13.5. The van der Waals surface area contributed by atoms with Crippen LogP contribution in [-0.2, 0) is 32.8 Å². The molecule has 3 aromatic rings. The molecule has 0 spiro atoms. The van der Waals surface area contributed by atoms with Gasteiger partial charge in [0.1, 0.15) is 24.2 Å². The highest BCUT2D eigenvalue weighted by atomic mass is 32.2. The summed E-state index contributed by atoms with van der Waals surface area (Å²) in [5.74, 6) is -0.973. The molecule has 1 atom stereocenters. The van der Waals surface area contributed by atoms with E-state index in [1.165, 1.54) is 38.2 Å². The molecule has 0 heterocycles. The van der Waals surface area contributed by atoms with E-state index in [0.717, 1.165) is 26.3 Å². The van der Waals surface area contributed by atoms with Gasteiger partial charge < -0.3 is 15.0 Å². The van der Waals surface area contributed by atoms with Crippen LogP contribution in [0.2, 0.25) is 0 Å². The molecule has 0 saturated heterocycles. The van der Waals surface area contributed by atoms with E-state index >= 15 is 0 Å². The Hall–Kier alpha value is -3.96. The van der Waals surface area contributed by atoms with Crippen LogP contribution in [-0.4, -0.2) is 68.8 Å². The first-order chi connectivity index (χ1) is 19.7. The van der Waals surface area contributed by atoms with Crippen molar-refractivity contribution in [3.63, 3.8) is 0 Å². The van der Waals surface area contributed by atoms with Crippen molar-refractivity contribution in [2.75, 3.05) is 32.1 Å². The van der Waals surface area contributed by atoms with Gasteiger partial charge in [-0.05, 0) is 68.3 Å². The van der Waals surface area contributed by atoms with Crippen LogP contribution >= 0.6 is 0 Å². The smallest absolute Gasteiger partial charge is 0.304 e. The lowest BCUT2D eigenvalue weighted by atomic mass is 10.0. The van der Waals surface area contributed by atoms with Gasteiger partial charge in [-0.3, -0.25) is 9.59 Å². The fourth-order valence-electron chi connectivity index (χ4n) is 4.30. The van der Waals surface area contributed by atoms with Gasteiger partial charge in [0.15, 0.2) is 0 Å². The van der Waals surface area contributed by atoms with E-state index in [2.05, 4.69) is 5.32 Å². The zero-order valence-electron chi connectivity index (χ0n) is 24.9. The van der Waals surface area contributed by atoms with Crippen LogP contribution in [0.4, 0.5) is 10.1 Å². The highest BCUT2D eigenvalue weighted by Gasteiger charge is 2.35. The minimum Gasteiger partial charge on any atom is -0.497 e. The molecule has 11 heteroatoms. The maximum absolute atomic E-state index is 14.2. The van der Waals surface area contributed by atoms with Crippen LogP contribution in [0, 0.1) is 5.82 Å². The lowest BCUT2D eigenvalue weighted by Crippen LogP contribution is -2.56. The molecule has 0 bridgehead atoms. The van der Waals surface area contributed by atoms with E-state index in [4.69, 9.17) is 4.74 Å². The maximum atomic E-state index is 14.2. The summed E-state index contributed by atoms with van der Waals surface area (Å²) < 4.78 is 47.8. The molecule has 226 valence electrons. The Morgan fingerprint density at radius 3 is 2.12 bits per heavy atom. The zero-order valence-corrected chi connectivity index (χ0v) is 25.7. The minimum absolute atomic E-state index is 0.00433. The molecule has 42 heavy (non-hydrogen) atoms. The third-order valence-electron chi connectivity index (χ3n) is 6.39. The molecular weight excluding hydrogens is 559 g/mol. The van der Waals surface area contributed by atoms with E-state index in [0.29, 0.717) is 11.3 Å². The first-order valence-corrected chi connectivity index (χ1v) is 14.8. The van der Waals surface area contributed by atoms with E-state index < -0.39 is 40.1 Å². The number of halogens is 1. The molecule has 0 fully saturated rings. The van der Waals surface area contributed by atoms with Gasteiger partial charge in [0.05, 0.1) is 12.8 Å². The number of hydrogen-bond donors (Lipinski definition) is 1. The quantitative estimate of drug-likeness (QED) is 0.340. The van der Waals surface area contributed by atoms with Crippen molar-refractivity contribution >= 4 is 27.7 Å². The summed E-state index contributed by atoms with van der Waals surface area (Å²) in [5, 5.41) is 2.98. The average molecular weight is 599 g/mol. The highest BCUT2D eigenvalue weighted by Crippen LogP contribution is 2.23. The van der Waals surface area contributed by atoms with Crippen LogP contribution in [0.25, 0.3) is 0 Å². The number of rotatable bonds is 12. The van der Waals surface area contributed by atoms with Crippen molar-refractivity contribution in [2.24, 2.45) is 0 Å². The number of nitrogens with zero attached hydrogens (tertiary/aromatic N) is 3. The van der Waals surface area contributed by atoms with Crippen molar-refractivity contribution in [2.45, 2.75) is 45.3 Å². The van der Waals surface area contributed by atoms with Crippen LogP contribution in [0.5, 0.6) is 5.75 Å². The monoisotopic (exact) mass is 598 g/mol. The fourth-order valence-corrected chi connectivity index (χ4v) is 5.35. The maximum Gasteiger partial charge on any atom is 0.304 e. The third kappa shape index (κ3) is 8.77. The molecule has 0 unspecified atom stereocenters. The van der Waals surface area contributed by atoms with Gasteiger partial charge in [-0.1, -0.05) is 42.5 Å². The molecular formula is C31H39FN4O5S. The van der Waals surface area contributed by atoms with Gasteiger partial charge in [0.2, 0.25) is 11.8 Å². The molecule has 0 aromatic heterocycles. The summed E-state index contributed by atoms with van der Waals surface area (Å²) in [7, 11) is 0.0501. The Labute approximate surface area is 248 Å². The number of anilines is 1. The summed E-state index contributed by atoms with van der Waals surface area (Å²) in [6.07, 6.45) is 0.190. The summed E-state index contributed by atoms with van der Waals surface area (Å²) in [4.78, 5) is 29.4. The Kier molecular flexibility index (Phi) is 10.7. The van der Waals surface area contributed by atoms with E-state index in [1.807, 2.05) is 51.1 Å². The second kappa shape index (κ2) is 13.8. The van der Waals surface area contributed by atoms with Crippen LogP contribution in [0.1, 0.15) is 31.9 Å². The van der Waals surface area contributed by atoms with E-state index in [1.54, 1.807) is 24.3 Å². The third-order valence-corrected chi connectivity index (χ3v) is 8.21. The Morgan fingerprint density at radius 1 is 0.929 bits per heavy atom. The number of amides is 2. The average Bonchev–Trinajstić information content (AvgIpc) is 2.93. The Morgan fingerprint density at radius 2 is 1.55 bits per heavy atom. The molecule has 0 aliphatic heterocycles. The lowest BCUT2D eigenvalue weighted by molar-refractivity contribution is -0.140. The van der Waals surface area contributed by atoms with Crippen molar-refractivity contribution in [1.82, 2.24) is 14.5 Å². The predicted octanol–water partition coefficient (Wildman–Crippen LogP) is 4.00. The molecule has 0 saturated carbocycles. The molecule has 1 N–H and O–H groups in total. The van der Waals surface area contributed by atoms with Gasteiger partial charge in [-0.25, -0.2) is 8.70 Å². The van der Waals surface area contributed by atoms with Crippen molar-refractivity contribution < 1.29 is 27.1 Å². The number of nitrogens with one attached hydrogen (secondary N) is 1. The number of benzene rings is 3. The largest absolute Gasteiger partial charge is 0.497 e. The van der Waals surface area contributed by atoms with Gasteiger partial charge in [-0.2, -0.15) is 12.7 Å². The second-order valence-electron chi connectivity index (χ2n) is 11.1. The lowest BCUT2D eigenvalue weighted by Gasteiger charge is -2.35. The van der Waals surface area contributed by atoms with Crippen molar-refractivity contribution in [3.8, 4) is 5.75 Å². The minimum atomic E-state index is -4.17. The fraction of sp³-hybridized carbons (Fsp3) is 0.355. The Bertz CT molecular complexity index is 1460. The number of carbonyl (C=O) groups is 2. The molecule has 9 nitrogen and oxygen atoms in total. The van der Waals surface area contributed by atoms with Crippen LogP contribution < -0.4 is 14.4 Å². The van der Waals surface area contributed by atoms with Gasteiger partial charge in [-0.15, -0.1) is 0 Å². The zero-order chi connectivity index (χ0) is 31.1. The highest BCUT2D eigenvalue weighted by molar-refractivity contribution is 7.90. The van der Waals surface area contributed by atoms with Crippen molar-refractivity contribution in [3.05, 3.63) is 95.8 Å². The summed E-state index contributed by atoms with van der Waals surface area (Å²) in [6.45, 7) is 4.92. The summed E-state index contributed by atoms with van der Waals surface area (Å²) in [6, 6.07) is 20.3. The van der Waals surface area contributed by atoms with Gasteiger partial charge in [0, 0.05) is 32.6 Å².